The molecule has 0 bridgehead atoms. The zero-order valence-corrected chi connectivity index (χ0v) is 7.78. The van der Waals surface area contributed by atoms with Crippen molar-refractivity contribution < 1.29 is 8.76 Å². The van der Waals surface area contributed by atoms with Crippen LogP contribution in [0.15, 0.2) is 11.1 Å². The van der Waals surface area contributed by atoms with E-state index in [2.05, 4.69) is 6.92 Å². The van der Waals surface area contributed by atoms with Gasteiger partial charge in [-0.25, -0.2) is 4.21 Å². The monoisotopic (exact) mass is 174 g/mol. The minimum absolute atomic E-state index is 0.0151. The lowest BCUT2D eigenvalue weighted by Crippen LogP contribution is -2.18. The lowest BCUT2D eigenvalue weighted by molar-refractivity contribution is 0.530. The van der Waals surface area contributed by atoms with Crippen LogP contribution in [0.5, 0.6) is 0 Å². The number of allylic oxidation sites excluding steroid dienone is 2. The molecule has 1 rings (SSSR count). The first-order valence-corrected chi connectivity index (χ1v) is 5.03. The zero-order valence-electron chi connectivity index (χ0n) is 6.96. The summed E-state index contributed by atoms with van der Waals surface area (Å²) in [6.07, 6.45) is 2.66. The van der Waals surface area contributed by atoms with E-state index in [9.17, 15) is 4.21 Å². The highest BCUT2D eigenvalue weighted by Gasteiger charge is 2.20. The largest absolute Gasteiger partial charge is 0.306 e. The standard InChI is InChI=1S/C8H14O2S/c1-6-3-4-8(11(9)10)5-7(6)2/h8H,3-5H2,1-2H3,(H,9,10). The molecule has 0 aromatic carbocycles. The van der Waals surface area contributed by atoms with E-state index in [1.807, 2.05) is 6.92 Å². The minimum atomic E-state index is -1.62. The maximum absolute atomic E-state index is 10.7. The second-order valence-electron chi connectivity index (χ2n) is 3.20. The van der Waals surface area contributed by atoms with Gasteiger partial charge in [-0.3, -0.25) is 0 Å². The van der Waals surface area contributed by atoms with Gasteiger partial charge in [0, 0.05) is 0 Å². The molecule has 0 radical (unpaired) electrons. The summed E-state index contributed by atoms with van der Waals surface area (Å²) >= 11 is -1.62. The van der Waals surface area contributed by atoms with Gasteiger partial charge in [0.05, 0.1) is 5.25 Å². The van der Waals surface area contributed by atoms with Crippen molar-refractivity contribution in [2.75, 3.05) is 0 Å². The predicted octanol–water partition coefficient (Wildman–Crippen LogP) is 2.10. The number of rotatable bonds is 1. The first kappa shape index (κ1) is 8.94. The Labute approximate surface area is 70.0 Å². The Hall–Kier alpha value is -0.150. The van der Waals surface area contributed by atoms with Gasteiger partial charge < -0.3 is 4.55 Å². The Morgan fingerprint density at radius 2 is 2.09 bits per heavy atom. The second-order valence-corrected chi connectivity index (χ2v) is 4.42. The van der Waals surface area contributed by atoms with Crippen LogP contribution in [-0.4, -0.2) is 14.0 Å². The van der Waals surface area contributed by atoms with E-state index >= 15 is 0 Å². The van der Waals surface area contributed by atoms with Gasteiger partial charge in [-0.1, -0.05) is 11.1 Å². The lowest BCUT2D eigenvalue weighted by Gasteiger charge is -2.20. The van der Waals surface area contributed by atoms with Crippen LogP contribution >= 0.6 is 0 Å². The predicted molar refractivity (Wildman–Crippen MR) is 46.8 cm³/mol. The fourth-order valence-electron chi connectivity index (χ4n) is 1.38. The molecule has 0 saturated carbocycles. The molecule has 2 nitrogen and oxygen atoms in total. The zero-order chi connectivity index (χ0) is 8.43. The molecule has 0 aromatic rings. The Morgan fingerprint density at radius 1 is 1.45 bits per heavy atom. The summed E-state index contributed by atoms with van der Waals surface area (Å²) < 4.78 is 19.5. The third-order valence-corrected chi connectivity index (χ3v) is 3.36. The van der Waals surface area contributed by atoms with Crippen molar-refractivity contribution in [3.63, 3.8) is 0 Å². The van der Waals surface area contributed by atoms with Gasteiger partial charge in [-0.15, -0.1) is 0 Å². The molecule has 64 valence electrons. The third-order valence-electron chi connectivity index (χ3n) is 2.39. The second kappa shape index (κ2) is 3.50. The Balaban J connectivity index is 2.64. The van der Waals surface area contributed by atoms with E-state index in [0.29, 0.717) is 0 Å². The van der Waals surface area contributed by atoms with Crippen LogP contribution in [-0.2, 0) is 11.1 Å². The van der Waals surface area contributed by atoms with Gasteiger partial charge in [-0.2, -0.15) is 0 Å². The molecule has 0 aromatic heterocycles. The quantitative estimate of drug-likeness (QED) is 0.488. The summed E-state index contributed by atoms with van der Waals surface area (Å²) in [5.74, 6) is 0. The summed E-state index contributed by atoms with van der Waals surface area (Å²) in [5.41, 5.74) is 2.69. The normalized spacial score (nSPS) is 28.8. The van der Waals surface area contributed by atoms with E-state index in [1.165, 1.54) is 11.1 Å². The summed E-state index contributed by atoms with van der Waals surface area (Å²) in [4.78, 5) is 0. The van der Waals surface area contributed by atoms with Crippen LogP contribution in [0.25, 0.3) is 0 Å². The third kappa shape index (κ3) is 2.14. The van der Waals surface area contributed by atoms with E-state index < -0.39 is 11.1 Å². The maximum atomic E-state index is 10.7. The summed E-state index contributed by atoms with van der Waals surface area (Å²) in [7, 11) is 0. The molecule has 0 amide bonds. The highest BCUT2D eigenvalue weighted by atomic mass is 32.2. The molecule has 11 heavy (non-hydrogen) atoms. The maximum Gasteiger partial charge on any atom is 0.156 e. The Kier molecular flexibility index (Phi) is 2.84. The van der Waals surface area contributed by atoms with Crippen LogP contribution in [0, 0.1) is 0 Å². The van der Waals surface area contributed by atoms with Crippen molar-refractivity contribution in [3.05, 3.63) is 11.1 Å². The first-order chi connectivity index (χ1) is 5.11. The molecule has 0 aliphatic heterocycles. The molecule has 2 unspecified atom stereocenters. The van der Waals surface area contributed by atoms with E-state index in [4.69, 9.17) is 4.55 Å². The van der Waals surface area contributed by atoms with Crippen molar-refractivity contribution in [1.29, 1.82) is 0 Å². The van der Waals surface area contributed by atoms with E-state index in [1.54, 1.807) is 0 Å². The average molecular weight is 174 g/mol. The molecule has 3 heteroatoms. The molecule has 0 spiro atoms. The molecule has 1 aliphatic carbocycles. The van der Waals surface area contributed by atoms with Gasteiger partial charge in [0.25, 0.3) is 0 Å². The fourth-order valence-corrected chi connectivity index (χ4v) is 2.09. The molecule has 0 heterocycles. The van der Waals surface area contributed by atoms with Crippen LogP contribution in [0.2, 0.25) is 0 Å². The SMILES string of the molecule is CC1=C(C)CC(S(=O)O)CC1. The Morgan fingerprint density at radius 3 is 2.55 bits per heavy atom. The van der Waals surface area contributed by atoms with Crippen LogP contribution in [0.1, 0.15) is 33.1 Å². The van der Waals surface area contributed by atoms with Gasteiger partial charge in [0.2, 0.25) is 0 Å². The van der Waals surface area contributed by atoms with Crippen molar-refractivity contribution >= 4 is 11.1 Å². The minimum Gasteiger partial charge on any atom is -0.306 e. The van der Waals surface area contributed by atoms with Gasteiger partial charge in [0.15, 0.2) is 11.1 Å². The molecule has 1 N–H and O–H groups in total. The molecule has 0 saturated heterocycles. The smallest absolute Gasteiger partial charge is 0.156 e. The van der Waals surface area contributed by atoms with Gasteiger partial charge in [-0.05, 0) is 33.1 Å². The topological polar surface area (TPSA) is 37.3 Å². The van der Waals surface area contributed by atoms with Crippen LogP contribution in [0.3, 0.4) is 0 Å². The summed E-state index contributed by atoms with van der Waals surface area (Å²) in [5, 5.41) is -0.0151. The first-order valence-electron chi connectivity index (χ1n) is 3.86. The Bertz CT molecular complexity index is 208. The van der Waals surface area contributed by atoms with Crippen molar-refractivity contribution in [3.8, 4) is 0 Å². The molecular formula is C8H14O2S. The molecule has 1 aliphatic rings. The van der Waals surface area contributed by atoms with Crippen molar-refractivity contribution in [2.24, 2.45) is 0 Å². The molecule has 0 fully saturated rings. The molecule has 2 atom stereocenters. The number of hydrogen-bond donors (Lipinski definition) is 1. The average Bonchev–Trinajstić information content (AvgIpc) is 1.94. The van der Waals surface area contributed by atoms with Crippen molar-refractivity contribution in [2.45, 2.75) is 38.4 Å². The van der Waals surface area contributed by atoms with Crippen LogP contribution < -0.4 is 0 Å². The fraction of sp³-hybridized carbons (Fsp3) is 0.750. The van der Waals surface area contributed by atoms with Crippen LogP contribution in [0.4, 0.5) is 0 Å². The number of hydrogen-bond acceptors (Lipinski definition) is 1. The summed E-state index contributed by atoms with van der Waals surface area (Å²) in [6, 6.07) is 0. The highest BCUT2D eigenvalue weighted by molar-refractivity contribution is 7.79. The lowest BCUT2D eigenvalue weighted by atomic mass is 9.94. The van der Waals surface area contributed by atoms with E-state index in [-0.39, 0.29) is 5.25 Å². The van der Waals surface area contributed by atoms with Gasteiger partial charge >= 0.3 is 0 Å². The highest BCUT2D eigenvalue weighted by Crippen LogP contribution is 2.26. The van der Waals surface area contributed by atoms with Crippen molar-refractivity contribution in [1.82, 2.24) is 0 Å². The summed E-state index contributed by atoms with van der Waals surface area (Å²) in [6.45, 7) is 4.15. The van der Waals surface area contributed by atoms with Gasteiger partial charge in [0.1, 0.15) is 0 Å². The van der Waals surface area contributed by atoms with E-state index in [0.717, 1.165) is 19.3 Å². The molecular weight excluding hydrogens is 160 g/mol.